The van der Waals surface area contributed by atoms with Crippen molar-refractivity contribution < 1.29 is 14.6 Å². The van der Waals surface area contributed by atoms with Gasteiger partial charge in [0.05, 0.1) is 0 Å². The Morgan fingerprint density at radius 3 is 2.29 bits per heavy atom. The van der Waals surface area contributed by atoms with E-state index >= 15 is 0 Å². The highest BCUT2D eigenvalue weighted by Gasteiger charge is 2.30. The van der Waals surface area contributed by atoms with E-state index < -0.39 is 11.6 Å². The lowest BCUT2D eigenvalue weighted by Crippen LogP contribution is -2.38. The van der Waals surface area contributed by atoms with E-state index in [2.05, 4.69) is 15.9 Å². The van der Waals surface area contributed by atoms with Gasteiger partial charge in [0, 0.05) is 4.47 Å². The molecule has 94 valence electrons. The van der Waals surface area contributed by atoms with Crippen molar-refractivity contribution >= 4 is 21.9 Å². The molecule has 0 aliphatic rings. The highest BCUT2D eigenvalue weighted by atomic mass is 79.9. The summed E-state index contributed by atoms with van der Waals surface area (Å²) in [4.78, 5) is 11.0. The minimum Gasteiger partial charge on any atom is -0.478 e. The smallest absolute Gasteiger partial charge is 0.347 e. The molecule has 3 nitrogen and oxygen atoms in total. The van der Waals surface area contributed by atoms with Crippen LogP contribution in [0.15, 0.2) is 10.5 Å². The number of halogens is 1. The van der Waals surface area contributed by atoms with Gasteiger partial charge in [-0.3, -0.25) is 0 Å². The van der Waals surface area contributed by atoms with Gasteiger partial charge < -0.3 is 9.84 Å². The SMILES string of the molecule is Cc1cc(OC(C)(C)C(=O)O)c(C)c(C)c1Br. The zero-order valence-electron chi connectivity index (χ0n) is 10.7. The summed E-state index contributed by atoms with van der Waals surface area (Å²) >= 11 is 3.50. The third-order valence-corrected chi connectivity index (χ3v) is 4.06. The van der Waals surface area contributed by atoms with Crippen LogP contribution in [0.3, 0.4) is 0 Å². The Morgan fingerprint density at radius 2 is 1.82 bits per heavy atom. The Balaban J connectivity index is 3.21. The van der Waals surface area contributed by atoms with Crippen molar-refractivity contribution in [2.24, 2.45) is 0 Å². The van der Waals surface area contributed by atoms with Crippen molar-refractivity contribution in [1.82, 2.24) is 0 Å². The fourth-order valence-corrected chi connectivity index (χ4v) is 1.85. The van der Waals surface area contributed by atoms with Crippen LogP contribution in [0, 0.1) is 20.8 Å². The molecule has 0 heterocycles. The molecular weight excluding hydrogens is 284 g/mol. The number of benzene rings is 1. The Bertz CT molecular complexity index is 464. The summed E-state index contributed by atoms with van der Waals surface area (Å²) in [7, 11) is 0. The third kappa shape index (κ3) is 2.80. The normalized spacial score (nSPS) is 11.4. The monoisotopic (exact) mass is 300 g/mol. The summed E-state index contributed by atoms with van der Waals surface area (Å²) in [5, 5.41) is 9.05. The first-order valence-corrected chi connectivity index (χ1v) is 6.15. The Morgan fingerprint density at radius 1 is 1.29 bits per heavy atom. The molecule has 0 atom stereocenters. The van der Waals surface area contributed by atoms with Crippen molar-refractivity contribution in [2.75, 3.05) is 0 Å². The summed E-state index contributed by atoms with van der Waals surface area (Å²) in [6.45, 7) is 8.94. The molecule has 0 aliphatic carbocycles. The van der Waals surface area contributed by atoms with Gasteiger partial charge >= 0.3 is 5.97 Å². The van der Waals surface area contributed by atoms with Crippen LogP contribution in [-0.2, 0) is 4.79 Å². The van der Waals surface area contributed by atoms with Crippen molar-refractivity contribution in [3.8, 4) is 5.75 Å². The quantitative estimate of drug-likeness (QED) is 0.927. The molecule has 1 N–H and O–H groups in total. The molecule has 0 fully saturated rings. The molecule has 0 aromatic heterocycles. The summed E-state index contributed by atoms with van der Waals surface area (Å²) in [5.41, 5.74) is 1.83. The van der Waals surface area contributed by atoms with Crippen molar-refractivity contribution in [2.45, 2.75) is 40.2 Å². The first-order valence-electron chi connectivity index (χ1n) is 5.35. The molecule has 0 saturated heterocycles. The molecule has 4 heteroatoms. The van der Waals surface area contributed by atoms with Crippen LogP contribution in [-0.4, -0.2) is 16.7 Å². The lowest BCUT2D eigenvalue weighted by atomic mass is 10.0. The lowest BCUT2D eigenvalue weighted by molar-refractivity contribution is -0.152. The number of rotatable bonds is 3. The maximum atomic E-state index is 11.0. The molecule has 1 rings (SSSR count). The van der Waals surface area contributed by atoms with Gasteiger partial charge in [-0.15, -0.1) is 0 Å². The van der Waals surface area contributed by atoms with Gasteiger partial charge in [-0.1, -0.05) is 15.9 Å². The second-order valence-corrected chi connectivity index (χ2v) is 5.47. The molecule has 0 spiro atoms. The number of carboxylic acid groups (broad SMARTS) is 1. The largest absolute Gasteiger partial charge is 0.478 e. The van der Waals surface area contributed by atoms with Crippen LogP contribution in [0.4, 0.5) is 0 Å². The predicted octanol–water partition coefficient (Wildman–Crippen LogP) is 3.62. The maximum absolute atomic E-state index is 11.0. The second kappa shape index (κ2) is 4.69. The highest BCUT2D eigenvalue weighted by molar-refractivity contribution is 9.10. The molecule has 0 saturated carbocycles. The van der Waals surface area contributed by atoms with E-state index in [4.69, 9.17) is 9.84 Å². The number of hydrogen-bond donors (Lipinski definition) is 1. The van der Waals surface area contributed by atoms with Crippen LogP contribution in [0.1, 0.15) is 30.5 Å². The second-order valence-electron chi connectivity index (χ2n) is 4.67. The van der Waals surface area contributed by atoms with Crippen LogP contribution in [0.5, 0.6) is 5.75 Å². The zero-order valence-corrected chi connectivity index (χ0v) is 12.3. The van der Waals surface area contributed by atoms with Gasteiger partial charge in [-0.05, 0) is 57.4 Å². The number of hydrogen-bond acceptors (Lipinski definition) is 2. The van der Waals surface area contributed by atoms with Crippen LogP contribution >= 0.6 is 15.9 Å². The molecule has 1 aromatic rings. The lowest BCUT2D eigenvalue weighted by Gasteiger charge is -2.24. The number of carboxylic acids is 1. The summed E-state index contributed by atoms with van der Waals surface area (Å²) in [5.74, 6) is -0.356. The molecule has 0 amide bonds. The molecule has 17 heavy (non-hydrogen) atoms. The third-order valence-electron chi connectivity index (χ3n) is 2.84. The van der Waals surface area contributed by atoms with Crippen molar-refractivity contribution in [3.63, 3.8) is 0 Å². The van der Waals surface area contributed by atoms with E-state index in [0.717, 1.165) is 21.2 Å². The number of carbonyl (C=O) groups is 1. The van der Waals surface area contributed by atoms with Gasteiger partial charge in [0.25, 0.3) is 0 Å². The van der Waals surface area contributed by atoms with Gasteiger partial charge in [0.1, 0.15) is 5.75 Å². The number of aliphatic carboxylic acids is 1. The predicted molar refractivity (Wildman–Crippen MR) is 70.7 cm³/mol. The first kappa shape index (κ1) is 14.0. The molecule has 0 unspecified atom stereocenters. The van der Waals surface area contributed by atoms with Crippen molar-refractivity contribution in [1.29, 1.82) is 0 Å². The summed E-state index contributed by atoms with van der Waals surface area (Å²) in [6.07, 6.45) is 0. The molecule has 0 aliphatic heterocycles. The van der Waals surface area contributed by atoms with Crippen LogP contribution < -0.4 is 4.74 Å². The zero-order chi connectivity index (χ0) is 13.4. The van der Waals surface area contributed by atoms with E-state index in [-0.39, 0.29) is 0 Å². The maximum Gasteiger partial charge on any atom is 0.347 e. The van der Waals surface area contributed by atoms with Gasteiger partial charge in [-0.25, -0.2) is 4.79 Å². The minimum atomic E-state index is -1.22. The Labute approximate surface area is 110 Å². The number of ether oxygens (including phenoxy) is 1. The van der Waals surface area contributed by atoms with E-state index in [1.807, 2.05) is 26.8 Å². The van der Waals surface area contributed by atoms with Gasteiger partial charge in [-0.2, -0.15) is 0 Å². The van der Waals surface area contributed by atoms with Crippen LogP contribution in [0.2, 0.25) is 0 Å². The molecule has 0 radical (unpaired) electrons. The molecule has 0 bridgehead atoms. The molecular formula is C13H17BrO3. The van der Waals surface area contributed by atoms with E-state index in [9.17, 15) is 4.79 Å². The van der Waals surface area contributed by atoms with E-state index in [0.29, 0.717) is 5.75 Å². The van der Waals surface area contributed by atoms with Gasteiger partial charge in [0.2, 0.25) is 0 Å². The standard InChI is InChI=1S/C13H17BrO3/c1-7-6-10(8(2)9(3)11(7)14)17-13(4,5)12(15)16/h6H,1-5H3,(H,15,16). The Hall–Kier alpha value is -1.03. The number of aryl methyl sites for hydroxylation is 1. The van der Waals surface area contributed by atoms with E-state index in [1.165, 1.54) is 0 Å². The highest BCUT2D eigenvalue weighted by Crippen LogP contribution is 2.33. The van der Waals surface area contributed by atoms with E-state index in [1.54, 1.807) is 13.8 Å². The fourth-order valence-electron chi connectivity index (χ4n) is 1.44. The minimum absolute atomic E-state index is 0.621. The first-order chi connectivity index (χ1) is 7.66. The average Bonchev–Trinajstić information content (AvgIpc) is 2.22. The fraction of sp³-hybridized carbons (Fsp3) is 0.462. The summed E-state index contributed by atoms with van der Waals surface area (Å²) in [6, 6.07) is 1.86. The average molecular weight is 301 g/mol. The summed E-state index contributed by atoms with van der Waals surface area (Å²) < 4.78 is 6.63. The topological polar surface area (TPSA) is 46.5 Å². The Kier molecular flexibility index (Phi) is 3.87. The molecule has 1 aromatic carbocycles. The van der Waals surface area contributed by atoms with Gasteiger partial charge in [0.15, 0.2) is 5.60 Å². The van der Waals surface area contributed by atoms with Crippen LogP contribution in [0.25, 0.3) is 0 Å². The van der Waals surface area contributed by atoms with Crippen molar-refractivity contribution in [3.05, 3.63) is 27.2 Å².